The Bertz CT molecular complexity index is 760. The zero-order valence-corrected chi connectivity index (χ0v) is 14.2. The Kier molecular flexibility index (Phi) is 2.84. The number of hydrogen-bond donors (Lipinski definition) is 2. The quantitative estimate of drug-likeness (QED) is 0.697. The fourth-order valence-electron chi connectivity index (χ4n) is 7.01. The smallest absolute Gasteiger partial charge is 0.348 e. The number of aliphatic carboxylic acids is 2. The molecule has 9 unspecified atom stereocenters. The van der Waals surface area contributed by atoms with Gasteiger partial charge in [0.15, 0.2) is 0 Å². The summed E-state index contributed by atoms with van der Waals surface area (Å²) in [5.41, 5.74) is -2.48. The van der Waals surface area contributed by atoms with Gasteiger partial charge in [0.05, 0.1) is 17.8 Å². The maximum absolute atomic E-state index is 12.2. The normalized spacial score (nSPS) is 53.0. The van der Waals surface area contributed by atoms with Crippen LogP contribution < -0.4 is 0 Å². The Morgan fingerprint density at radius 3 is 2.54 bits per heavy atom. The first-order valence-electron chi connectivity index (χ1n) is 9.11. The van der Waals surface area contributed by atoms with Gasteiger partial charge in [0.25, 0.3) is 0 Å². The lowest BCUT2D eigenvalue weighted by atomic mass is 9.62. The molecule has 5 fully saturated rings. The fourth-order valence-corrected chi connectivity index (χ4v) is 7.01. The van der Waals surface area contributed by atoms with Gasteiger partial charge in [-0.3, -0.25) is 14.4 Å². The molecular formula is C18H20O8. The number of carboxylic acids is 2. The Hall–Kier alpha value is -2.12. The van der Waals surface area contributed by atoms with Crippen molar-refractivity contribution >= 4 is 23.9 Å². The van der Waals surface area contributed by atoms with Gasteiger partial charge in [-0.2, -0.15) is 0 Å². The molecule has 0 aromatic rings. The van der Waals surface area contributed by atoms with E-state index in [1.54, 1.807) is 6.92 Å². The van der Waals surface area contributed by atoms with E-state index in [9.17, 15) is 29.4 Å². The molecule has 0 radical (unpaired) electrons. The second-order valence-electron chi connectivity index (χ2n) is 8.78. The molecule has 2 N–H and O–H groups in total. The molecule has 0 spiro atoms. The summed E-state index contributed by atoms with van der Waals surface area (Å²) < 4.78 is 10.9. The summed E-state index contributed by atoms with van der Waals surface area (Å²) in [6.45, 7) is 1.76. The number of hydrogen-bond acceptors (Lipinski definition) is 6. The number of carboxylic acid groups (broad SMARTS) is 2. The van der Waals surface area contributed by atoms with Crippen LogP contribution in [0.3, 0.4) is 0 Å². The average molecular weight is 364 g/mol. The number of fused-ring (bicyclic) bond motifs is 3. The third kappa shape index (κ3) is 1.53. The van der Waals surface area contributed by atoms with Crippen LogP contribution in [0, 0.1) is 40.9 Å². The van der Waals surface area contributed by atoms with Crippen LogP contribution in [-0.4, -0.2) is 45.8 Å². The van der Waals surface area contributed by atoms with Gasteiger partial charge < -0.3 is 19.7 Å². The zero-order chi connectivity index (χ0) is 18.6. The highest BCUT2D eigenvalue weighted by molar-refractivity contribution is 5.91. The lowest BCUT2D eigenvalue weighted by Gasteiger charge is -2.40. The summed E-state index contributed by atoms with van der Waals surface area (Å²) in [6.07, 6.45) is 1.29. The summed E-state index contributed by atoms with van der Waals surface area (Å²) >= 11 is 0. The molecule has 8 heteroatoms. The van der Waals surface area contributed by atoms with Gasteiger partial charge in [0.2, 0.25) is 5.60 Å². The molecule has 26 heavy (non-hydrogen) atoms. The number of esters is 2. The molecule has 5 rings (SSSR count). The fraction of sp³-hybridized carbons (Fsp3) is 0.778. The van der Waals surface area contributed by atoms with Crippen molar-refractivity contribution in [2.75, 3.05) is 0 Å². The molecule has 8 nitrogen and oxygen atoms in total. The van der Waals surface area contributed by atoms with E-state index in [0.29, 0.717) is 19.3 Å². The molecule has 140 valence electrons. The average Bonchev–Trinajstić information content (AvgIpc) is 3.27. The first-order valence-corrected chi connectivity index (χ1v) is 9.11. The van der Waals surface area contributed by atoms with Crippen LogP contribution in [0.5, 0.6) is 0 Å². The van der Waals surface area contributed by atoms with E-state index in [0.717, 1.165) is 0 Å². The van der Waals surface area contributed by atoms with Crippen LogP contribution in [0.1, 0.15) is 32.6 Å². The van der Waals surface area contributed by atoms with E-state index in [2.05, 4.69) is 0 Å². The Morgan fingerprint density at radius 1 is 1.19 bits per heavy atom. The largest absolute Gasteiger partial charge is 0.481 e. The van der Waals surface area contributed by atoms with E-state index in [-0.39, 0.29) is 30.3 Å². The summed E-state index contributed by atoms with van der Waals surface area (Å²) in [5, 5.41) is 19.4. The Morgan fingerprint density at radius 2 is 1.92 bits per heavy atom. The number of rotatable bonds is 4. The van der Waals surface area contributed by atoms with Crippen molar-refractivity contribution in [3.63, 3.8) is 0 Å². The van der Waals surface area contributed by atoms with Crippen LogP contribution in [0.4, 0.5) is 0 Å². The van der Waals surface area contributed by atoms with E-state index < -0.39 is 52.6 Å². The van der Waals surface area contributed by atoms with Crippen molar-refractivity contribution in [2.45, 2.75) is 44.3 Å². The minimum Gasteiger partial charge on any atom is -0.481 e. The maximum Gasteiger partial charge on any atom is 0.348 e. The van der Waals surface area contributed by atoms with Gasteiger partial charge in [-0.1, -0.05) is 6.92 Å². The summed E-state index contributed by atoms with van der Waals surface area (Å²) in [4.78, 5) is 48.2. The highest BCUT2D eigenvalue weighted by atomic mass is 16.6. The maximum atomic E-state index is 12.2. The Balaban J connectivity index is 1.52. The molecule has 0 amide bonds. The number of carbonyl (C=O) groups excluding carboxylic acids is 2. The van der Waals surface area contributed by atoms with E-state index >= 15 is 0 Å². The van der Waals surface area contributed by atoms with Crippen molar-refractivity contribution in [3.8, 4) is 0 Å². The van der Waals surface area contributed by atoms with Crippen molar-refractivity contribution in [3.05, 3.63) is 0 Å². The molecule has 0 aromatic heterocycles. The third-order valence-corrected chi connectivity index (χ3v) is 8.10. The van der Waals surface area contributed by atoms with Crippen LogP contribution in [0.25, 0.3) is 0 Å². The van der Waals surface area contributed by atoms with Crippen LogP contribution in [-0.2, 0) is 28.7 Å². The number of ether oxygens (including phenoxy) is 2. The lowest BCUT2D eigenvalue weighted by Crippen LogP contribution is -2.50. The molecule has 3 aliphatic carbocycles. The lowest BCUT2D eigenvalue weighted by molar-refractivity contribution is -0.180. The van der Waals surface area contributed by atoms with Gasteiger partial charge in [0.1, 0.15) is 6.10 Å². The predicted molar refractivity (Wildman–Crippen MR) is 81.5 cm³/mol. The molecule has 0 aromatic carbocycles. The van der Waals surface area contributed by atoms with Crippen molar-refractivity contribution < 1.29 is 38.9 Å². The molecule has 2 heterocycles. The first kappa shape index (κ1) is 16.1. The summed E-state index contributed by atoms with van der Waals surface area (Å²) in [7, 11) is 0. The van der Waals surface area contributed by atoms with Crippen molar-refractivity contribution in [1.82, 2.24) is 0 Å². The highest BCUT2D eigenvalue weighted by Crippen LogP contribution is 2.67. The number of carbonyl (C=O) groups is 4. The summed E-state index contributed by atoms with van der Waals surface area (Å²) in [5.74, 6) is -5.53. The first-order chi connectivity index (χ1) is 12.2. The molecule has 9 atom stereocenters. The van der Waals surface area contributed by atoms with Crippen LogP contribution in [0.15, 0.2) is 0 Å². The second-order valence-corrected chi connectivity index (χ2v) is 8.78. The van der Waals surface area contributed by atoms with Crippen LogP contribution in [0.2, 0.25) is 0 Å². The summed E-state index contributed by atoms with van der Waals surface area (Å²) in [6, 6.07) is 0. The van der Waals surface area contributed by atoms with Crippen molar-refractivity contribution in [1.29, 1.82) is 0 Å². The topological polar surface area (TPSA) is 127 Å². The molecular weight excluding hydrogens is 344 g/mol. The van der Waals surface area contributed by atoms with Gasteiger partial charge in [-0.05, 0) is 31.6 Å². The zero-order valence-electron chi connectivity index (χ0n) is 14.2. The molecule has 5 aliphatic rings. The SMILES string of the molecule is CC1(CC2C3CC4C2OC(=O)C4C3C(=O)O)C2CCC1(C(=O)O)OC2=O. The van der Waals surface area contributed by atoms with Crippen LogP contribution >= 0.6 is 0 Å². The standard InChI is InChI=1S/C18H20O8/c1-17(9-2-3-18(17,16(23)24)26-14(9)21)5-8-6-4-7-11(10(6)13(19)20)15(22)25-12(7)8/h6-12H,2-5H2,1H3,(H,19,20)(H,23,24). The van der Waals surface area contributed by atoms with Gasteiger partial charge in [-0.15, -0.1) is 0 Å². The van der Waals surface area contributed by atoms with E-state index in [1.165, 1.54) is 0 Å². The van der Waals surface area contributed by atoms with Gasteiger partial charge in [0, 0.05) is 17.3 Å². The van der Waals surface area contributed by atoms with E-state index in [1.807, 2.05) is 0 Å². The van der Waals surface area contributed by atoms with E-state index in [4.69, 9.17) is 9.47 Å². The Labute approximate surface area is 148 Å². The predicted octanol–water partition coefficient (Wildman–Crippen LogP) is 0.681. The third-order valence-electron chi connectivity index (χ3n) is 8.10. The molecule has 2 aliphatic heterocycles. The molecule has 3 saturated carbocycles. The molecule has 4 bridgehead atoms. The van der Waals surface area contributed by atoms with Crippen molar-refractivity contribution in [2.24, 2.45) is 40.9 Å². The monoisotopic (exact) mass is 364 g/mol. The molecule has 2 saturated heterocycles. The van der Waals surface area contributed by atoms with Gasteiger partial charge in [-0.25, -0.2) is 4.79 Å². The highest BCUT2D eigenvalue weighted by Gasteiger charge is 2.75. The minimum absolute atomic E-state index is 0.112. The second kappa shape index (κ2) is 4.58. The minimum atomic E-state index is -1.56. The van der Waals surface area contributed by atoms with Gasteiger partial charge >= 0.3 is 23.9 Å².